The third-order valence-electron chi connectivity index (χ3n) is 7.29. The summed E-state index contributed by atoms with van der Waals surface area (Å²) in [6.45, 7) is 13.4. The van der Waals surface area contributed by atoms with E-state index in [0.29, 0.717) is 11.6 Å². The molecule has 2 aliphatic rings. The van der Waals surface area contributed by atoms with Gasteiger partial charge < -0.3 is 5.32 Å². The minimum absolute atomic E-state index is 0.0773. The Labute approximate surface area is 219 Å². The van der Waals surface area contributed by atoms with Crippen molar-refractivity contribution in [3.05, 3.63) is 35.5 Å². The lowest BCUT2D eigenvalue weighted by molar-refractivity contribution is 0.0910. The highest BCUT2D eigenvalue weighted by molar-refractivity contribution is 7.83. The maximum absolute atomic E-state index is 13.3. The second-order valence-electron chi connectivity index (χ2n) is 12.8. The van der Waals surface area contributed by atoms with Gasteiger partial charge in [0.2, 0.25) is 0 Å². The van der Waals surface area contributed by atoms with Crippen molar-refractivity contribution in [1.82, 2.24) is 19.8 Å². The van der Waals surface area contributed by atoms with Crippen LogP contribution in [-0.4, -0.2) is 31.5 Å². The van der Waals surface area contributed by atoms with Gasteiger partial charge in [-0.1, -0.05) is 46.1 Å². The summed E-state index contributed by atoms with van der Waals surface area (Å²) in [4.78, 5) is 13.8. The quantitative estimate of drug-likeness (QED) is 0.469. The molecule has 1 amide bonds. The van der Waals surface area contributed by atoms with Gasteiger partial charge in [0, 0.05) is 23.7 Å². The first-order valence-corrected chi connectivity index (χ1v) is 14.8. The number of nitrogens with one attached hydrogen (secondary N) is 2. The number of benzene rings is 1. The van der Waals surface area contributed by atoms with Crippen LogP contribution in [0.1, 0.15) is 109 Å². The number of rotatable bonds is 7. The Morgan fingerprint density at radius 3 is 2.28 bits per heavy atom. The monoisotopic (exact) mass is 512 g/mol. The van der Waals surface area contributed by atoms with Gasteiger partial charge in [-0.3, -0.25) is 9.48 Å². The zero-order chi connectivity index (χ0) is 26.1. The highest BCUT2D eigenvalue weighted by Crippen LogP contribution is 2.34. The average Bonchev–Trinajstić information content (AvgIpc) is 3.18. The molecule has 1 atom stereocenters. The molecule has 7 heteroatoms. The smallest absolute Gasteiger partial charge is 0.272 e. The predicted molar refractivity (Wildman–Crippen MR) is 147 cm³/mol. The number of hydrogen-bond acceptors (Lipinski definition) is 3. The molecule has 2 aliphatic carbocycles. The van der Waals surface area contributed by atoms with E-state index in [-0.39, 0.29) is 22.9 Å². The third kappa shape index (κ3) is 6.65. The first kappa shape index (κ1) is 27.1. The minimum Gasteiger partial charge on any atom is -0.348 e. The molecule has 1 heterocycles. The number of nitrogens with zero attached hydrogens (tertiary/aromatic N) is 2. The molecule has 2 saturated carbocycles. The van der Waals surface area contributed by atoms with Crippen LogP contribution in [0.2, 0.25) is 0 Å². The molecule has 2 fully saturated rings. The molecular weight excluding hydrogens is 468 g/mol. The summed E-state index contributed by atoms with van der Waals surface area (Å²) in [6, 6.07) is 8.40. The molecule has 1 aromatic carbocycles. The second kappa shape index (κ2) is 10.8. The summed E-state index contributed by atoms with van der Waals surface area (Å²) in [5.74, 6) is 0.510. The summed E-state index contributed by atoms with van der Waals surface area (Å²) in [7, 11) is -1.33. The summed E-state index contributed by atoms with van der Waals surface area (Å²) in [6.07, 6.45) is 9.57. The Balaban J connectivity index is 1.71. The Kier molecular flexibility index (Phi) is 8.10. The number of hydrogen-bond donors (Lipinski definition) is 2. The molecule has 198 valence electrons. The van der Waals surface area contributed by atoms with E-state index in [0.717, 1.165) is 41.1 Å². The Morgan fingerprint density at radius 1 is 1.00 bits per heavy atom. The largest absolute Gasteiger partial charge is 0.348 e. The van der Waals surface area contributed by atoms with Crippen LogP contribution < -0.4 is 10.0 Å². The van der Waals surface area contributed by atoms with Gasteiger partial charge in [0.25, 0.3) is 5.91 Å². The fourth-order valence-corrected chi connectivity index (χ4v) is 6.52. The molecule has 0 spiro atoms. The van der Waals surface area contributed by atoms with E-state index in [1.807, 2.05) is 39.0 Å². The lowest BCUT2D eigenvalue weighted by Crippen LogP contribution is -2.39. The van der Waals surface area contributed by atoms with E-state index in [1.54, 1.807) is 0 Å². The van der Waals surface area contributed by atoms with Gasteiger partial charge in [-0.25, -0.2) is 8.93 Å². The second-order valence-corrected chi connectivity index (χ2v) is 14.0. The fraction of sp³-hybridized carbons (Fsp3) is 0.655. The van der Waals surface area contributed by atoms with Crippen molar-refractivity contribution in [3.63, 3.8) is 0 Å². The number of carbonyl (C=O) groups excluding carboxylic acids is 1. The molecule has 6 nitrogen and oxygen atoms in total. The summed E-state index contributed by atoms with van der Waals surface area (Å²) >= 11 is 0. The van der Waals surface area contributed by atoms with E-state index in [1.165, 1.54) is 38.5 Å². The van der Waals surface area contributed by atoms with E-state index in [4.69, 9.17) is 5.10 Å². The molecule has 2 aromatic rings. The topological polar surface area (TPSA) is 76.0 Å². The highest BCUT2D eigenvalue weighted by Gasteiger charge is 2.27. The Bertz CT molecular complexity index is 1100. The number of amides is 1. The van der Waals surface area contributed by atoms with E-state index >= 15 is 0 Å². The van der Waals surface area contributed by atoms with E-state index in [9.17, 15) is 9.00 Å². The van der Waals surface area contributed by atoms with Crippen LogP contribution in [0.15, 0.2) is 29.2 Å². The van der Waals surface area contributed by atoms with Crippen molar-refractivity contribution in [1.29, 1.82) is 0 Å². The van der Waals surface area contributed by atoms with Crippen molar-refractivity contribution in [2.45, 2.75) is 121 Å². The Hall–Kier alpha value is -1.99. The van der Waals surface area contributed by atoms with E-state index in [2.05, 4.69) is 41.6 Å². The van der Waals surface area contributed by atoms with Gasteiger partial charge in [-0.05, 0) is 88.0 Å². The Morgan fingerprint density at radius 2 is 1.69 bits per heavy atom. The number of carbonyl (C=O) groups is 1. The van der Waals surface area contributed by atoms with Gasteiger partial charge in [-0.2, -0.15) is 5.10 Å². The molecule has 36 heavy (non-hydrogen) atoms. The molecule has 1 unspecified atom stereocenters. The van der Waals surface area contributed by atoms with Crippen LogP contribution in [0, 0.1) is 5.92 Å². The maximum atomic E-state index is 13.3. The van der Waals surface area contributed by atoms with Crippen LogP contribution in [0.25, 0.3) is 11.3 Å². The first-order chi connectivity index (χ1) is 16.9. The van der Waals surface area contributed by atoms with Gasteiger partial charge in [0.1, 0.15) is 11.0 Å². The maximum Gasteiger partial charge on any atom is 0.272 e. The van der Waals surface area contributed by atoms with Gasteiger partial charge >= 0.3 is 0 Å². The van der Waals surface area contributed by atoms with Gasteiger partial charge in [0.15, 0.2) is 5.69 Å². The van der Waals surface area contributed by atoms with Gasteiger partial charge in [-0.15, -0.1) is 0 Å². The van der Waals surface area contributed by atoms with Crippen molar-refractivity contribution in [2.75, 3.05) is 0 Å². The van der Waals surface area contributed by atoms with Crippen LogP contribution in [0.4, 0.5) is 0 Å². The first-order valence-electron chi connectivity index (χ1n) is 13.6. The van der Waals surface area contributed by atoms with Crippen molar-refractivity contribution in [2.24, 2.45) is 5.92 Å². The molecule has 0 bridgehead atoms. The summed E-state index contributed by atoms with van der Waals surface area (Å²) < 4.78 is 18.5. The molecule has 2 N–H and O–H groups in total. The molecule has 4 rings (SSSR count). The van der Waals surface area contributed by atoms with E-state index < -0.39 is 11.0 Å². The third-order valence-corrected chi connectivity index (χ3v) is 8.84. The molecular formula is C29H44N4O2S. The van der Waals surface area contributed by atoms with Crippen LogP contribution >= 0.6 is 0 Å². The SMILES string of the molecule is CC(C)(C)NS(=O)c1ccc(-c2cc(C(=O)NC3CCC3)nn2CC2CCCCC2)cc1C(C)(C)C. The lowest BCUT2D eigenvalue weighted by Gasteiger charge is -2.26. The van der Waals surface area contributed by atoms with Crippen molar-refractivity contribution >= 4 is 16.9 Å². The molecule has 0 saturated heterocycles. The fourth-order valence-electron chi connectivity index (χ4n) is 5.10. The summed E-state index contributed by atoms with van der Waals surface area (Å²) in [5.41, 5.74) is 3.06. The molecule has 1 aromatic heterocycles. The van der Waals surface area contributed by atoms with Crippen molar-refractivity contribution < 1.29 is 9.00 Å². The zero-order valence-electron chi connectivity index (χ0n) is 22.9. The van der Waals surface area contributed by atoms with Crippen LogP contribution in [-0.2, 0) is 22.9 Å². The lowest BCUT2D eigenvalue weighted by atomic mass is 9.85. The van der Waals surface area contributed by atoms with Crippen LogP contribution in [0.3, 0.4) is 0 Å². The zero-order valence-corrected chi connectivity index (χ0v) is 23.8. The highest BCUT2D eigenvalue weighted by atomic mass is 32.2. The number of aromatic nitrogens is 2. The molecule has 0 radical (unpaired) electrons. The summed E-state index contributed by atoms with van der Waals surface area (Å²) in [5, 5.41) is 7.97. The standard InChI is InChI=1S/C29H44N4O2S/c1-28(2,3)23-17-21(15-16-26(23)36(35)32-29(4,5)6)25-18-24(27(34)30-22-13-10-14-22)31-33(25)19-20-11-8-7-9-12-20/h15-18,20,22,32H,7-14,19H2,1-6H3,(H,30,34). The normalized spacial score (nSPS) is 18.6. The average molecular weight is 513 g/mol. The predicted octanol–water partition coefficient (Wildman–Crippen LogP) is 6.12. The molecule has 0 aliphatic heterocycles. The van der Waals surface area contributed by atoms with Gasteiger partial charge in [0.05, 0.1) is 10.6 Å². The van der Waals surface area contributed by atoms with Crippen molar-refractivity contribution in [3.8, 4) is 11.3 Å². The van der Waals surface area contributed by atoms with Crippen LogP contribution in [0.5, 0.6) is 0 Å². The minimum atomic E-state index is -1.33.